The highest BCUT2D eigenvalue weighted by molar-refractivity contribution is 6.21. The lowest BCUT2D eigenvalue weighted by atomic mass is 10.1. The van der Waals surface area contributed by atoms with Gasteiger partial charge in [-0.05, 0) is 24.3 Å². The zero-order valence-corrected chi connectivity index (χ0v) is 19.3. The highest BCUT2D eigenvalue weighted by Gasteiger charge is 2.35. The highest BCUT2D eigenvalue weighted by atomic mass is 16.2. The summed E-state index contributed by atoms with van der Waals surface area (Å²) in [7, 11) is 0. The van der Waals surface area contributed by atoms with E-state index in [9.17, 15) is 14.4 Å². The third-order valence-electron chi connectivity index (χ3n) is 6.58. The molecule has 6 rings (SSSR count). The zero-order valence-electron chi connectivity index (χ0n) is 19.3. The van der Waals surface area contributed by atoms with Gasteiger partial charge in [-0.25, -0.2) is 9.97 Å². The van der Waals surface area contributed by atoms with Crippen LogP contribution in [0.1, 0.15) is 27.1 Å². The normalized spacial score (nSPS) is 15.6. The summed E-state index contributed by atoms with van der Waals surface area (Å²) in [5, 5.41) is 8.59. The minimum Gasteiger partial charge on any atom is -0.351 e. The molecule has 36 heavy (non-hydrogen) atoms. The lowest BCUT2D eigenvalue weighted by Crippen LogP contribution is -2.49. The van der Waals surface area contributed by atoms with Crippen molar-refractivity contribution >= 4 is 34.7 Å². The maximum absolute atomic E-state index is 12.9. The number of hydrogen-bond donors (Lipinski definition) is 0. The van der Waals surface area contributed by atoms with Crippen molar-refractivity contribution in [3.63, 3.8) is 0 Å². The van der Waals surface area contributed by atoms with E-state index in [1.165, 1.54) is 6.33 Å². The molecular formula is C25H22N8O3. The van der Waals surface area contributed by atoms with Gasteiger partial charge in [0.1, 0.15) is 6.33 Å². The van der Waals surface area contributed by atoms with Crippen LogP contribution in [0.3, 0.4) is 0 Å². The zero-order chi connectivity index (χ0) is 24.6. The van der Waals surface area contributed by atoms with Gasteiger partial charge in [0.15, 0.2) is 17.0 Å². The number of benzene rings is 2. The summed E-state index contributed by atoms with van der Waals surface area (Å²) in [6.45, 7) is 2.21. The van der Waals surface area contributed by atoms with E-state index in [4.69, 9.17) is 0 Å². The number of anilines is 1. The number of rotatable bonds is 5. The first-order valence-corrected chi connectivity index (χ1v) is 11.7. The van der Waals surface area contributed by atoms with E-state index in [0.717, 1.165) is 10.6 Å². The molecular weight excluding hydrogens is 460 g/mol. The number of carbonyl (C=O) groups excluding carboxylic acids is 3. The van der Waals surface area contributed by atoms with Gasteiger partial charge in [0.25, 0.3) is 11.8 Å². The number of hydrogen-bond acceptors (Lipinski definition) is 8. The molecule has 0 N–H and O–H groups in total. The van der Waals surface area contributed by atoms with Crippen LogP contribution in [0.25, 0.3) is 16.9 Å². The van der Waals surface area contributed by atoms with Gasteiger partial charge >= 0.3 is 0 Å². The van der Waals surface area contributed by atoms with Gasteiger partial charge < -0.3 is 9.80 Å². The Morgan fingerprint density at radius 1 is 0.833 bits per heavy atom. The maximum Gasteiger partial charge on any atom is 0.261 e. The van der Waals surface area contributed by atoms with E-state index in [1.807, 2.05) is 30.3 Å². The van der Waals surface area contributed by atoms with Crippen LogP contribution in [0.4, 0.5) is 5.82 Å². The van der Waals surface area contributed by atoms with Crippen molar-refractivity contribution in [3.05, 3.63) is 72.1 Å². The fourth-order valence-corrected chi connectivity index (χ4v) is 4.69. The van der Waals surface area contributed by atoms with Crippen LogP contribution in [0.2, 0.25) is 0 Å². The summed E-state index contributed by atoms with van der Waals surface area (Å²) < 4.78 is 1.68. The van der Waals surface area contributed by atoms with E-state index in [1.54, 1.807) is 33.8 Å². The Bertz CT molecular complexity index is 1440. The molecule has 11 nitrogen and oxygen atoms in total. The first-order valence-electron chi connectivity index (χ1n) is 11.7. The third-order valence-corrected chi connectivity index (χ3v) is 6.58. The van der Waals surface area contributed by atoms with Gasteiger partial charge in [-0.2, -0.15) is 4.68 Å². The van der Waals surface area contributed by atoms with Crippen LogP contribution in [0.5, 0.6) is 0 Å². The fraction of sp³-hybridized carbons (Fsp3) is 0.240. The monoisotopic (exact) mass is 482 g/mol. The van der Waals surface area contributed by atoms with E-state index < -0.39 is 0 Å². The molecule has 0 unspecified atom stereocenters. The predicted octanol–water partition coefficient (Wildman–Crippen LogP) is 1.55. The molecule has 11 heteroatoms. The molecule has 2 aromatic heterocycles. The molecule has 2 aliphatic heterocycles. The van der Waals surface area contributed by atoms with Crippen molar-refractivity contribution in [1.82, 2.24) is 34.8 Å². The van der Waals surface area contributed by atoms with Crippen molar-refractivity contribution in [1.29, 1.82) is 0 Å². The SMILES string of the molecule is O=C(CCN1C(=O)c2ccccc2C1=O)N1CCN(c2ncnc3c2nnn3-c2ccccc2)CC1. The van der Waals surface area contributed by atoms with E-state index in [2.05, 4.69) is 25.2 Å². The first-order chi connectivity index (χ1) is 17.6. The van der Waals surface area contributed by atoms with Crippen LogP contribution < -0.4 is 4.90 Å². The van der Waals surface area contributed by atoms with Gasteiger partial charge in [-0.1, -0.05) is 35.5 Å². The smallest absolute Gasteiger partial charge is 0.261 e. The van der Waals surface area contributed by atoms with E-state index in [0.29, 0.717) is 54.3 Å². The lowest BCUT2D eigenvalue weighted by molar-refractivity contribution is -0.131. The number of para-hydroxylation sites is 1. The molecule has 4 aromatic rings. The van der Waals surface area contributed by atoms with Crippen LogP contribution in [0.15, 0.2) is 60.9 Å². The average Bonchev–Trinajstić information content (AvgIpc) is 3.47. The molecule has 0 spiro atoms. The molecule has 180 valence electrons. The Hall–Kier alpha value is -4.67. The molecule has 2 aromatic carbocycles. The van der Waals surface area contributed by atoms with Crippen molar-refractivity contribution in [2.45, 2.75) is 6.42 Å². The summed E-state index contributed by atoms with van der Waals surface area (Å²) in [5.41, 5.74) is 2.86. The summed E-state index contributed by atoms with van der Waals surface area (Å²) in [6, 6.07) is 16.4. The highest BCUT2D eigenvalue weighted by Crippen LogP contribution is 2.25. The second-order valence-corrected chi connectivity index (χ2v) is 8.63. The Labute approximate surface area is 205 Å². The number of imide groups is 1. The number of fused-ring (bicyclic) bond motifs is 2. The van der Waals surface area contributed by atoms with Crippen molar-refractivity contribution < 1.29 is 14.4 Å². The summed E-state index contributed by atoms with van der Waals surface area (Å²) in [5.74, 6) is -0.0940. The van der Waals surface area contributed by atoms with Crippen molar-refractivity contribution in [2.24, 2.45) is 0 Å². The number of aromatic nitrogens is 5. The summed E-state index contributed by atoms with van der Waals surface area (Å²) in [4.78, 5) is 51.8. The molecule has 0 radical (unpaired) electrons. The van der Waals surface area contributed by atoms with E-state index >= 15 is 0 Å². The fourth-order valence-electron chi connectivity index (χ4n) is 4.69. The number of amides is 3. The Morgan fingerprint density at radius 2 is 1.50 bits per heavy atom. The molecule has 0 bridgehead atoms. The summed E-state index contributed by atoms with van der Waals surface area (Å²) >= 11 is 0. The molecule has 1 saturated heterocycles. The van der Waals surface area contributed by atoms with E-state index in [-0.39, 0.29) is 30.7 Å². The van der Waals surface area contributed by atoms with Gasteiger partial charge in [0, 0.05) is 39.1 Å². The number of nitrogens with zero attached hydrogens (tertiary/aromatic N) is 8. The first kappa shape index (κ1) is 21.8. The summed E-state index contributed by atoms with van der Waals surface area (Å²) in [6.07, 6.45) is 1.59. The minimum absolute atomic E-state index is 0.0700. The molecule has 0 saturated carbocycles. The predicted molar refractivity (Wildman–Crippen MR) is 130 cm³/mol. The van der Waals surface area contributed by atoms with Crippen LogP contribution in [0, 0.1) is 0 Å². The Kier molecular flexibility index (Phi) is 5.36. The van der Waals surface area contributed by atoms with Crippen molar-refractivity contribution in [3.8, 4) is 5.69 Å². The Morgan fingerprint density at radius 3 is 2.19 bits per heavy atom. The molecule has 4 heterocycles. The molecule has 2 aliphatic rings. The largest absolute Gasteiger partial charge is 0.351 e. The Balaban J connectivity index is 1.10. The minimum atomic E-state index is -0.343. The molecule has 3 amide bonds. The third kappa shape index (κ3) is 3.65. The quantitative estimate of drug-likeness (QED) is 0.393. The van der Waals surface area contributed by atoms with Crippen LogP contribution >= 0.6 is 0 Å². The second kappa shape index (κ2) is 8.84. The molecule has 0 aliphatic carbocycles. The lowest BCUT2D eigenvalue weighted by Gasteiger charge is -2.35. The second-order valence-electron chi connectivity index (χ2n) is 8.63. The van der Waals surface area contributed by atoms with Gasteiger partial charge in [-0.3, -0.25) is 19.3 Å². The van der Waals surface area contributed by atoms with Crippen LogP contribution in [-0.4, -0.2) is 85.2 Å². The van der Waals surface area contributed by atoms with Crippen molar-refractivity contribution in [2.75, 3.05) is 37.6 Å². The van der Waals surface area contributed by atoms with Gasteiger partial charge in [0.05, 0.1) is 16.8 Å². The van der Waals surface area contributed by atoms with Gasteiger partial charge in [-0.15, -0.1) is 5.10 Å². The standard InChI is InChI=1S/C25H22N8O3/c34-20(10-11-32-24(35)18-8-4-5-9-19(18)25(32)36)30-12-14-31(15-13-30)22-21-23(27-16-26-22)33(29-28-21)17-6-2-1-3-7-17/h1-9,16H,10-15H2. The number of carbonyl (C=O) groups is 3. The number of piperazine rings is 1. The molecule has 0 atom stereocenters. The van der Waals surface area contributed by atoms with Gasteiger partial charge in [0.2, 0.25) is 5.91 Å². The van der Waals surface area contributed by atoms with Crippen LogP contribution in [-0.2, 0) is 4.79 Å². The average molecular weight is 483 g/mol. The topological polar surface area (TPSA) is 117 Å². The maximum atomic E-state index is 12.9. The molecule has 1 fully saturated rings.